The molecular weight excluding hydrogens is 527 g/mol. The Labute approximate surface area is 239 Å². The zero-order valence-corrected chi connectivity index (χ0v) is 24.6. The molecule has 0 saturated carbocycles. The monoisotopic (exact) mass is 564 g/mol. The normalized spacial score (nSPS) is 19.4. The van der Waals surface area contributed by atoms with Gasteiger partial charge in [-0.2, -0.15) is 5.10 Å². The predicted octanol–water partition coefficient (Wildman–Crippen LogP) is 5.39. The van der Waals surface area contributed by atoms with Crippen LogP contribution in [-0.2, 0) is 19.7 Å². The molecule has 3 aromatic rings. The molecule has 1 fully saturated rings. The van der Waals surface area contributed by atoms with Crippen molar-refractivity contribution >= 4 is 29.4 Å². The summed E-state index contributed by atoms with van der Waals surface area (Å²) < 4.78 is 22.7. The maximum absolute atomic E-state index is 15.3. The van der Waals surface area contributed by atoms with Crippen molar-refractivity contribution in [3.63, 3.8) is 0 Å². The number of nitrogens with one attached hydrogen (secondary N) is 1. The number of amides is 2. The summed E-state index contributed by atoms with van der Waals surface area (Å²) in [6.07, 6.45) is 1.88. The lowest BCUT2D eigenvalue weighted by Gasteiger charge is -2.25. The van der Waals surface area contributed by atoms with E-state index < -0.39 is 10.7 Å². The number of halogens is 1. The number of thioether (sulfide) groups is 1. The van der Waals surface area contributed by atoms with Crippen LogP contribution in [0.25, 0.3) is 5.69 Å². The van der Waals surface area contributed by atoms with Gasteiger partial charge in [0.1, 0.15) is 18.2 Å². The number of carbonyl (C=O) groups excluding carboxylic acids is 2. The molecule has 0 bridgehead atoms. The van der Waals surface area contributed by atoms with E-state index in [0.717, 1.165) is 40.9 Å². The van der Waals surface area contributed by atoms with Gasteiger partial charge in [-0.3, -0.25) is 14.5 Å². The number of hydrogen-bond donors (Lipinski definition) is 1. The minimum Gasteiger partial charge on any atom is -0.376 e. The van der Waals surface area contributed by atoms with E-state index >= 15 is 4.39 Å². The zero-order valence-electron chi connectivity index (χ0n) is 23.8. The van der Waals surface area contributed by atoms with Crippen molar-refractivity contribution in [1.29, 1.82) is 0 Å². The van der Waals surface area contributed by atoms with E-state index in [0.29, 0.717) is 24.5 Å². The van der Waals surface area contributed by atoms with Crippen LogP contribution in [0.2, 0.25) is 0 Å². The summed E-state index contributed by atoms with van der Waals surface area (Å²) >= 11 is 1.38. The van der Waals surface area contributed by atoms with E-state index in [-0.39, 0.29) is 36.0 Å². The maximum Gasteiger partial charge on any atom is 0.240 e. The minimum atomic E-state index is -0.478. The van der Waals surface area contributed by atoms with Crippen LogP contribution >= 0.6 is 11.8 Å². The van der Waals surface area contributed by atoms with E-state index in [2.05, 4.69) is 32.2 Å². The molecule has 7 nitrogen and oxygen atoms in total. The van der Waals surface area contributed by atoms with E-state index in [1.54, 1.807) is 16.8 Å². The minimum absolute atomic E-state index is 0.00596. The highest BCUT2D eigenvalue weighted by molar-refractivity contribution is 8.00. The molecule has 0 spiro atoms. The van der Waals surface area contributed by atoms with Gasteiger partial charge in [0.25, 0.3) is 0 Å². The van der Waals surface area contributed by atoms with Crippen molar-refractivity contribution in [1.82, 2.24) is 15.1 Å². The third kappa shape index (κ3) is 5.67. The van der Waals surface area contributed by atoms with Crippen molar-refractivity contribution in [3.8, 4) is 5.69 Å². The molecule has 40 heavy (non-hydrogen) atoms. The maximum atomic E-state index is 15.3. The summed E-state index contributed by atoms with van der Waals surface area (Å²) in [7, 11) is 0. The van der Waals surface area contributed by atoms with Crippen molar-refractivity contribution < 1.29 is 18.7 Å². The largest absolute Gasteiger partial charge is 0.376 e. The Balaban J connectivity index is 1.68. The quantitative estimate of drug-likeness (QED) is 0.435. The van der Waals surface area contributed by atoms with Crippen molar-refractivity contribution in [2.75, 3.05) is 30.3 Å². The number of aryl methyl sites for hydroxylation is 2. The van der Waals surface area contributed by atoms with Gasteiger partial charge in [-0.05, 0) is 44.4 Å². The van der Waals surface area contributed by atoms with Crippen LogP contribution in [0.15, 0.2) is 42.5 Å². The molecule has 1 aromatic heterocycles. The SMILES string of the molecule is Cc1ccc(-n2nc(C(C)(C)C)c3c2N(CC(=O)NCC2CCCO2)C(=O)CSC3c2ccccc2F)c(C)c1. The van der Waals surface area contributed by atoms with Crippen LogP contribution < -0.4 is 10.2 Å². The average Bonchev–Trinajstić information content (AvgIpc) is 3.53. The molecule has 2 unspecified atom stereocenters. The predicted molar refractivity (Wildman–Crippen MR) is 157 cm³/mol. The van der Waals surface area contributed by atoms with Crippen LogP contribution in [0.3, 0.4) is 0 Å². The van der Waals surface area contributed by atoms with E-state index in [1.807, 2.05) is 32.0 Å². The second-order valence-electron chi connectivity index (χ2n) is 11.7. The molecule has 1 N–H and O–H groups in total. The van der Waals surface area contributed by atoms with Crippen molar-refractivity contribution in [3.05, 3.63) is 76.2 Å². The van der Waals surface area contributed by atoms with Crippen LogP contribution in [0.4, 0.5) is 10.2 Å². The van der Waals surface area contributed by atoms with Crippen molar-refractivity contribution in [2.45, 2.75) is 64.2 Å². The van der Waals surface area contributed by atoms with Crippen LogP contribution in [0.5, 0.6) is 0 Å². The molecule has 2 aliphatic heterocycles. The van der Waals surface area contributed by atoms with Crippen LogP contribution in [0.1, 0.15) is 66.8 Å². The van der Waals surface area contributed by atoms with E-state index in [1.165, 1.54) is 22.7 Å². The topological polar surface area (TPSA) is 76.5 Å². The number of ether oxygens (including phenoxy) is 1. The van der Waals surface area contributed by atoms with Gasteiger partial charge in [0, 0.05) is 29.7 Å². The highest BCUT2D eigenvalue weighted by Gasteiger charge is 2.40. The van der Waals surface area contributed by atoms with Crippen molar-refractivity contribution in [2.24, 2.45) is 0 Å². The molecule has 212 valence electrons. The fourth-order valence-electron chi connectivity index (χ4n) is 5.45. The highest BCUT2D eigenvalue weighted by Crippen LogP contribution is 2.49. The molecule has 0 aliphatic carbocycles. The summed E-state index contributed by atoms with van der Waals surface area (Å²) in [4.78, 5) is 28.6. The smallest absolute Gasteiger partial charge is 0.240 e. The Bertz CT molecular complexity index is 1420. The first-order valence-electron chi connectivity index (χ1n) is 13.8. The standard InChI is InChI=1S/C31H37FN4O3S/c1-19-12-13-24(20(2)15-19)36-30-27(29(34-36)31(3,4)5)28(22-10-6-7-11-23(22)32)40-18-26(38)35(30)17-25(37)33-16-21-9-8-14-39-21/h6-7,10-13,15,21,28H,8-9,14,16-18H2,1-5H3,(H,33,37). The number of hydrogen-bond acceptors (Lipinski definition) is 5. The summed E-state index contributed by atoms with van der Waals surface area (Å²) in [5.41, 5.74) is 4.52. The van der Waals surface area contributed by atoms with Gasteiger partial charge in [0.2, 0.25) is 11.8 Å². The fourth-order valence-corrected chi connectivity index (χ4v) is 6.67. The lowest BCUT2D eigenvalue weighted by molar-refractivity contribution is -0.123. The first-order valence-corrected chi connectivity index (χ1v) is 14.8. The van der Waals surface area contributed by atoms with Gasteiger partial charge < -0.3 is 10.1 Å². The van der Waals surface area contributed by atoms with Crippen LogP contribution in [0, 0.1) is 19.7 Å². The molecular formula is C31H37FN4O3S. The van der Waals surface area contributed by atoms with E-state index in [4.69, 9.17) is 9.84 Å². The Morgan fingerprint density at radius 2 is 1.98 bits per heavy atom. The number of aromatic nitrogens is 2. The summed E-state index contributed by atoms with van der Waals surface area (Å²) in [6, 6.07) is 12.8. The number of rotatable bonds is 6. The zero-order chi connectivity index (χ0) is 28.6. The van der Waals surface area contributed by atoms with Gasteiger partial charge in [-0.25, -0.2) is 9.07 Å². The Morgan fingerprint density at radius 1 is 1.20 bits per heavy atom. The molecule has 0 radical (unpaired) electrons. The number of nitrogens with zero attached hydrogens (tertiary/aromatic N) is 3. The molecule has 2 amide bonds. The number of fused-ring (bicyclic) bond motifs is 1. The Hall–Kier alpha value is -3.17. The highest BCUT2D eigenvalue weighted by atomic mass is 32.2. The number of benzene rings is 2. The lowest BCUT2D eigenvalue weighted by atomic mass is 9.87. The van der Waals surface area contributed by atoms with Gasteiger partial charge in [-0.15, -0.1) is 11.8 Å². The first-order chi connectivity index (χ1) is 19.0. The molecule has 2 atom stereocenters. The molecule has 1 saturated heterocycles. The second kappa shape index (κ2) is 11.4. The third-order valence-electron chi connectivity index (χ3n) is 7.42. The molecule has 5 rings (SSSR count). The summed E-state index contributed by atoms with van der Waals surface area (Å²) in [5, 5.41) is 7.59. The number of carbonyl (C=O) groups is 2. The van der Waals surface area contributed by atoms with Gasteiger partial charge in [-0.1, -0.05) is 56.7 Å². The van der Waals surface area contributed by atoms with Gasteiger partial charge >= 0.3 is 0 Å². The molecule has 2 aromatic carbocycles. The lowest BCUT2D eigenvalue weighted by Crippen LogP contribution is -2.44. The molecule has 9 heteroatoms. The summed E-state index contributed by atoms with van der Waals surface area (Å²) in [5.74, 6) is -0.199. The molecule has 3 heterocycles. The summed E-state index contributed by atoms with van der Waals surface area (Å²) in [6.45, 7) is 11.2. The van der Waals surface area contributed by atoms with E-state index in [9.17, 15) is 9.59 Å². The Kier molecular flexibility index (Phi) is 8.06. The second-order valence-corrected chi connectivity index (χ2v) is 12.8. The first kappa shape index (κ1) is 28.4. The number of anilines is 1. The van der Waals surface area contributed by atoms with Gasteiger partial charge in [0.15, 0.2) is 0 Å². The third-order valence-corrected chi connectivity index (χ3v) is 8.66. The van der Waals surface area contributed by atoms with Gasteiger partial charge in [0.05, 0.1) is 28.5 Å². The Morgan fingerprint density at radius 3 is 2.65 bits per heavy atom. The average molecular weight is 565 g/mol. The van der Waals surface area contributed by atoms with Crippen LogP contribution in [-0.4, -0.2) is 53.1 Å². The fraction of sp³-hybridized carbons (Fsp3) is 0.452. The molecule has 2 aliphatic rings.